The first-order valence-electron chi connectivity index (χ1n) is 8.72. The zero-order valence-electron chi connectivity index (χ0n) is 15.0. The molecule has 4 atom stereocenters. The zero-order chi connectivity index (χ0) is 15.3. The van der Waals surface area contributed by atoms with Gasteiger partial charge in [-0.25, -0.2) is 0 Å². The Morgan fingerprint density at radius 2 is 1.90 bits per heavy atom. The molecule has 20 heavy (non-hydrogen) atoms. The molecule has 0 bridgehead atoms. The predicted octanol–water partition coefficient (Wildman–Crippen LogP) is 4.01. The van der Waals surface area contributed by atoms with E-state index in [4.69, 9.17) is 0 Å². The van der Waals surface area contributed by atoms with E-state index in [-0.39, 0.29) is 0 Å². The highest BCUT2D eigenvalue weighted by atomic mass is 15.2. The molecule has 0 aromatic carbocycles. The van der Waals surface area contributed by atoms with Gasteiger partial charge in [-0.1, -0.05) is 41.5 Å². The molecule has 1 N–H and O–H groups in total. The van der Waals surface area contributed by atoms with Gasteiger partial charge in [-0.2, -0.15) is 0 Å². The van der Waals surface area contributed by atoms with E-state index >= 15 is 0 Å². The van der Waals surface area contributed by atoms with Gasteiger partial charge >= 0.3 is 0 Å². The predicted molar refractivity (Wildman–Crippen MR) is 90.1 cm³/mol. The molecule has 0 aromatic heterocycles. The Balaban J connectivity index is 2.56. The van der Waals surface area contributed by atoms with Crippen LogP contribution in [0.4, 0.5) is 0 Å². The number of hydrogen-bond acceptors (Lipinski definition) is 2. The molecule has 1 rings (SSSR count). The molecule has 2 nitrogen and oxygen atoms in total. The molecule has 1 aliphatic heterocycles. The molecule has 1 heterocycles. The van der Waals surface area contributed by atoms with Gasteiger partial charge in [0.25, 0.3) is 0 Å². The van der Waals surface area contributed by atoms with Gasteiger partial charge in [-0.3, -0.25) is 4.90 Å². The van der Waals surface area contributed by atoms with Gasteiger partial charge in [0.1, 0.15) is 0 Å². The Bertz CT molecular complexity index is 277. The minimum absolute atomic E-state index is 0.403. The lowest BCUT2D eigenvalue weighted by Crippen LogP contribution is -2.51. The Morgan fingerprint density at radius 3 is 2.45 bits per heavy atom. The van der Waals surface area contributed by atoms with Crippen molar-refractivity contribution in [2.24, 2.45) is 23.2 Å². The fraction of sp³-hybridized carbons (Fsp3) is 1.00. The van der Waals surface area contributed by atoms with Crippen molar-refractivity contribution in [2.45, 2.75) is 67.3 Å². The van der Waals surface area contributed by atoms with E-state index in [9.17, 15) is 0 Å². The summed E-state index contributed by atoms with van der Waals surface area (Å²) in [7, 11) is 0. The SMILES string of the molecule is CCC(C)(CNCC(C)C)CN1CC(C)CC(C)C1C. The van der Waals surface area contributed by atoms with Crippen LogP contribution in [0.5, 0.6) is 0 Å². The van der Waals surface area contributed by atoms with Gasteiger partial charge in [0.15, 0.2) is 0 Å². The maximum absolute atomic E-state index is 3.68. The largest absolute Gasteiger partial charge is 0.316 e. The molecule has 0 spiro atoms. The van der Waals surface area contributed by atoms with Crippen LogP contribution in [-0.4, -0.2) is 37.1 Å². The quantitative estimate of drug-likeness (QED) is 0.759. The maximum atomic E-state index is 3.68. The van der Waals surface area contributed by atoms with E-state index in [0.717, 1.165) is 36.9 Å². The first-order chi connectivity index (χ1) is 9.27. The van der Waals surface area contributed by atoms with E-state index in [0.29, 0.717) is 5.41 Å². The Hall–Kier alpha value is -0.0800. The highest BCUT2D eigenvalue weighted by Crippen LogP contribution is 2.31. The lowest BCUT2D eigenvalue weighted by Gasteiger charge is -2.45. The van der Waals surface area contributed by atoms with Gasteiger partial charge in [-0.05, 0) is 49.5 Å². The molecule has 2 heteroatoms. The van der Waals surface area contributed by atoms with Crippen molar-refractivity contribution >= 4 is 0 Å². The van der Waals surface area contributed by atoms with Crippen LogP contribution in [0.2, 0.25) is 0 Å². The van der Waals surface area contributed by atoms with Gasteiger partial charge < -0.3 is 5.32 Å². The van der Waals surface area contributed by atoms with Crippen molar-refractivity contribution in [3.05, 3.63) is 0 Å². The van der Waals surface area contributed by atoms with E-state index in [1.165, 1.54) is 25.9 Å². The van der Waals surface area contributed by atoms with Crippen molar-refractivity contribution in [1.82, 2.24) is 10.2 Å². The Morgan fingerprint density at radius 1 is 1.25 bits per heavy atom. The van der Waals surface area contributed by atoms with Crippen LogP contribution in [-0.2, 0) is 0 Å². The summed E-state index contributed by atoms with van der Waals surface area (Å²) in [6, 6.07) is 0.738. The van der Waals surface area contributed by atoms with Crippen LogP contribution in [0, 0.1) is 23.2 Å². The molecule has 0 saturated carbocycles. The van der Waals surface area contributed by atoms with Crippen LogP contribution < -0.4 is 5.32 Å². The Labute approximate surface area is 127 Å². The smallest absolute Gasteiger partial charge is 0.00930 e. The van der Waals surface area contributed by atoms with Crippen LogP contribution in [0.1, 0.15) is 61.3 Å². The molecular weight excluding hydrogens is 244 g/mol. The molecule has 120 valence electrons. The van der Waals surface area contributed by atoms with E-state index < -0.39 is 0 Å². The number of nitrogens with one attached hydrogen (secondary N) is 1. The lowest BCUT2D eigenvalue weighted by molar-refractivity contribution is 0.0394. The zero-order valence-corrected chi connectivity index (χ0v) is 15.0. The molecule has 1 fully saturated rings. The lowest BCUT2D eigenvalue weighted by atomic mass is 9.81. The number of hydrogen-bond donors (Lipinski definition) is 1. The number of piperidine rings is 1. The third-order valence-electron chi connectivity index (χ3n) is 5.26. The molecule has 0 aromatic rings. The molecule has 1 aliphatic rings. The highest BCUT2D eigenvalue weighted by molar-refractivity contribution is 4.87. The molecule has 0 aliphatic carbocycles. The van der Waals surface area contributed by atoms with E-state index in [1.807, 2.05) is 0 Å². The van der Waals surface area contributed by atoms with Crippen molar-refractivity contribution in [3.8, 4) is 0 Å². The summed E-state index contributed by atoms with van der Waals surface area (Å²) in [6.45, 7) is 21.4. The molecule has 0 radical (unpaired) electrons. The van der Waals surface area contributed by atoms with Crippen LogP contribution in [0.15, 0.2) is 0 Å². The molecule has 4 unspecified atom stereocenters. The van der Waals surface area contributed by atoms with Crippen molar-refractivity contribution < 1.29 is 0 Å². The molecular formula is C18H38N2. The van der Waals surface area contributed by atoms with E-state index in [2.05, 4.69) is 58.7 Å². The Kier molecular flexibility index (Phi) is 7.00. The minimum Gasteiger partial charge on any atom is -0.316 e. The summed E-state index contributed by atoms with van der Waals surface area (Å²) < 4.78 is 0. The van der Waals surface area contributed by atoms with Crippen molar-refractivity contribution in [1.29, 1.82) is 0 Å². The second-order valence-corrected chi connectivity index (χ2v) is 8.18. The topological polar surface area (TPSA) is 15.3 Å². The fourth-order valence-corrected chi connectivity index (χ4v) is 3.49. The number of rotatable bonds is 7. The van der Waals surface area contributed by atoms with Gasteiger partial charge in [0.2, 0.25) is 0 Å². The van der Waals surface area contributed by atoms with Crippen molar-refractivity contribution in [3.63, 3.8) is 0 Å². The first-order valence-corrected chi connectivity index (χ1v) is 8.72. The third kappa shape index (κ3) is 5.37. The second kappa shape index (κ2) is 7.79. The summed E-state index contributed by atoms with van der Waals surface area (Å²) >= 11 is 0. The summed E-state index contributed by atoms with van der Waals surface area (Å²) in [4.78, 5) is 2.75. The summed E-state index contributed by atoms with van der Waals surface area (Å²) in [6.07, 6.45) is 2.65. The molecule has 1 saturated heterocycles. The number of nitrogens with zero attached hydrogens (tertiary/aromatic N) is 1. The highest BCUT2D eigenvalue weighted by Gasteiger charge is 2.33. The molecule has 0 amide bonds. The normalized spacial score (nSPS) is 31.5. The fourth-order valence-electron chi connectivity index (χ4n) is 3.49. The monoisotopic (exact) mass is 282 g/mol. The maximum Gasteiger partial charge on any atom is 0.00930 e. The van der Waals surface area contributed by atoms with Crippen molar-refractivity contribution in [2.75, 3.05) is 26.2 Å². The minimum atomic E-state index is 0.403. The van der Waals surface area contributed by atoms with Gasteiger partial charge in [0.05, 0.1) is 0 Å². The average Bonchev–Trinajstić information content (AvgIpc) is 2.35. The average molecular weight is 283 g/mol. The summed E-state index contributed by atoms with van der Waals surface area (Å²) in [5.41, 5.74) is 0.403. The summed E-state index contributed by atoms with van der Waals surface area (Å²) in [5.74, 6) is 2.43. The van der Waals surface area contributed by atoms with Crippen LogP contribution in [0.25, 0.3) is 0 Å². The standard InChI is InChI=1S/C18H38N2/c1-8-18(7,12-19-10-14(2)3)13-20-11-15(4)9-16(5)17(20)6/h14-17,19H,8-13H2,1-7H3. The van der Waals surface area contributed by atoms with Gasteiger partial charge in [-0.15, -0.1) is 0 Å². The van der Waals surface area contributed by atoms with Gasteiger partial charge in [0, 0.05) is 25.7 Å². The van der Waals surface area contributed by atoms with Crippen LogP contribution >= 0.6 is 0 Å². The number of likely N-dealkylation sites (tertiary alicyclic amines) is 1. The third-order valence-corrected chi connectivity index (χ3v) is 5.26. The second-order valence-electron chi connectivity index (χ2n) is 8.18. The first kappa shape index (κ1) is 18.0. The summed E-state index contributed by atoms with van der Waals surface area (Å²) in [5, 5.41) is 3.68. The van der Waals surface area contributed by atoms with Crippen LogP contribution in [0.3, 0.4) is 0 Å². The van der Waals surface area contributed by atoms with E-state index in [1.54, 1.807) is 0 Å².